The molecule has 1 saturated carbocycles. The molecule has 1 fully saturated rings. The van der Waals surface area contributed by atoms with Crippen LogP contribution in [0, 0.1) is 0 Å². The first-order valence-electron chi connectivity index (χ1n) is 10.2. The Bertz CT molecular complexity index is 987. The highest BCUT2D eigenvalue weighted by molar-refractivity contribution is 9.10. The van der Waals surface area contributed by atoms with E-state index in [1.54, 1.807) is 12.4 Å². The maximum Gasteiger partial charge on any atom is 0.126 e. The second kappa shape index (κ2) is 9.77. The number of benzene rings is 1. The predicted octanol–water partition coefficient (Wildman–Crippen LogP) is 5.85. The molecular formula is C23H25BrClN5. The van der Waals surface area contributed by atoms with Crippen LogP contribution in [0.25, 0.3) is 11.1 Å². The van der Waals surface area contributed by atoms with Crippen molar-refractivity contribution in [1.29, 1.82) is 0 Å². The molecule has 0 unspecified atom stereocenters. The number of nitrogens with two attached hydrogens (primary N) is 1. The highest BCUT2D eigenvalue weighted by Crippen LogP contribution is 2.31. The number of anilines is 2. The highest BCUT2D eigenvalue weighted by atomic mass is 79.9. The lowest BCUT2D eigenvalue weighted by molar-refractivity contribution is 0.410. The Morgan fingerprint density at radius 2 is 1.77 bits per heavy atom. The number of pyridine rings is 2. The molecule has 4 N–H and O–H groups in total. The molecule has 156 valence electrons. The molecule has 1 aliphatic carbocycles. The summed E-state index contributed by atoms with van der Waals surface area (Å²) in [4.78, 5) is 8.92. The number of aromatic nitrogens is 2. The Hall–Kier alpha value is -2.15. The highest BCUT2D eigenvalue weighted by Gasteiger charge is 2.19. The van der Waals surface area contributed by atoms with Crippen LogP contribution in [0.1, 0.15) is 31.2 Å². The van der Waals surface area contributed by atoms with Gasteiger partial charge in [-0.1, -0.05) is 39.7 Å². The van der Waals surface area contributed by atoms with Gasteiger partial charge in [-0.25, -0.2) is 9.97 Å². The number of nitrogens with zero attached hydrogens (tertiary/aromatic N) is 2. The van der Waals surface area contributed by atoms with Gasteiger partial charge >= 0.3 is 0 Å². The van der Waals surface area contributed by atoms with Gasteiger partial charge in [0.05, 0.1) is 5.02 Å². The number of halogens is 2. The standard InChI is InChI=1S/C23H25BrClN5/c24-17-3-1-15(2-4-17)13-28-22-11-16(9-10-27-22)20-12-23(29-14-21(20)25)30-19-7-5-18(26)6-8-19/h1-4,9-12,14,18-19H,5-8,13,26H2,(H,27,28)(H,29,30). The quantitative estimate of drug-likeness (QED) is 0.407. The molecular weight excluding hydrogens is 462 g/mol. The first-order valence-corrected chi connectivity index (χ1v) is 11.4. The topological polar surface area (TPSA) is 75.9 Å². The van der Waals surface area contributed by atoms with Gasteiger partial charge in [-0.3, -0.25) is 0 Å². The van der Waals surface area contributed by atoms with Gasteiger partial charge in [0.1, 0.15) is 11.6 Å². The molecule has 7 heteroatoms. The summed E-state index contributed by atoms with van der Waals surface area (Å²) in [6.45, 7) is 0.699. The first kappa shape index (κ1) is 21.1. The molecule has 0 spiro atoms. The van der Waals surface area contributed by atoms with Crippen LogP contribution in [0.3, 0.4) is 0 Å². The summed E-state index contributed by atoms with van der Waals surface area (Å²) < 4.78 is 1.07. The summed E-state index contributed by atoms with van der Waals surface area (Å²) in [6, 6.07) is 15.0. The van der Waals surface area contributed by atoms with Gasteiger partial charge in [0.2, 0.25) is 0 Å². The average Bonchev–Trinajstić information content (AvgIpc) is 2.76. The number of hydrogen-bond donors (Lipinski definition) is 3. The minimum atomic E-state index is 0.330. The molecule has 0 bridgehead atoms. The summed E-state index contributed by atoms with van der Waals surface area (Å²) in [5.74, 6) is 1.65. The normalized spacial score (nSPS) is 18.8. The van der Waals surface area contributed by atoms with E-state index in [0.717, 1.165) is 52.9 Å². The number of hydrogen-bond acceptors (Lipinski definition) is 5. The summed E-state index contributed by atoms with van der Waals surface area (Å²) in [5.41, 5.74) is 9.15. The van der Waals surface area contributed by atoms with Crippen molar-refractivity contribution in [2.75, 3.05) is 10.6 Å². The van der Waals surface area contributed by atoms with Gasteiger partial charge in [0.25, 0.3) is 0 Å². The van der Waals surface area contributed by atoms with E-state index in [9.17, 15) is 0 Å². The Morgan fingerprint density at radius 1 is 1.00 bits per heavy atom. The Balaban J connectivity index is 1.47. The molecule has 0 amide bonds. The zero-order valence-electron chi connectivity index (χ0n) is 16.6. The molecule has 3 aromatic rings. The van der Waals surface area contributed by atoms with Gasteiger partial charge in [0.15, 0.2) is 0 Å². The van der Waals surface area contributed by atoms with E-state index in [1.807, 2.05) is 30.3 Å². The second-order valence-corrected chi connectivity index (χ2v) is 9.04. The van der Waals surface area contributed by atoms with Crippen LogP contribution < -0.4 is 16.4 Å². The zero-order valence-corrected chi connectivity index (χ0v) is 19.0. The van der Waals surface area contributed by atoms with Gasteiger partial charge in [0, 0.05) is 41.1 Å². The third-order valence-electron chi connectivity index (χ3n) is 5.44. The van der Waals surface area contributed by atoms with Crippen LogP contribution in [0.2, 0.25) is 5.02 Å². The monoisotopic (exact) mass is 485 g/mol. The molecule has 0 saturated heterocycles. The largest absolute Gasteiger partial charge is 0.367 e. The third kappa shape index (κ3) is 5.50. The molecule has 4 rings (SSSR count). The van der Waals surface area contributed by atoms with E-state index in [4.69, 9.17) is 17.3 Å². The fourth-order valence-electron chi connectivity index (χ4n) is 3.70. The average molecular weight is 487 g/mol. The lowest BCUT2D eigenvalue weighted by Crippen LogP contribution is -2.33. The lowest BCUT2D eigenvalue weighted by Gasteiger charge is -2.27. The molecule has 2 heterocycles. The minimum absolute atomic E-state index is 0.330. The first-order chi connectivity index (χ1) is 14.6. The van der Waals surface area contributed by atoms with Crippen LogP contribution in [-0.2, 0) is 6.54 Å². The van der Waals surface area contributed by atoms with Gasteiger partial charge in [-0.15, -0.1) is 0 Å². The van der Waals surface area contributed by atoms with Crippen molar-refractivity contribution in [2.45, 2.75) is 44.3 Å². The smallest absolute Gasteiger partial charge is 0.126 e. The third-order valence-corrected chi connectivity index (χ3v) is 6.27. The van der Waals surface area contributed by atoms with Crippen molar-refractivity contribution >= 4 is 39.2 Å². The SMILES string of the molecule is NC1CCC(Nc2cc(-c3ccnc(NCc4ccc(Br)cc4)c3)c(Cl)cn2)CC1. The van der Waals surface area contributed by atoms with Gasteiger partial charge < -0.3 is 16.4 Å². The Kier molecular flexibility index (Phi) is 6.87. The van der Waals surface area contributed by atoms with Crippen molar-refractivity contribution in [3.63, 3.8) is 0 Å². The van der Waals surface area contributed by atoms with Crippen molar-refractivity contribution < 1.29 is 0 Å². The lowest BCUT2D eigenvalue weighted by atomic mass is 9.92. The van der Waals surface area contributed by atoms with E-state index in [0.29, 0.717) is 23.7 Å². The summed E-state index contributed by atoms with van der Waals surface area (Å²) in [6.07, 6.45) is 7.75. The van der Waals surface area contributed by atoms with Crippen molar-refractivity contribution in [1.82, 2.24) is 9.97 Å². The molecule has 5 nitrogen and oxygen atoms in total. The Morgan fingerprint density at radius 3 is 2.53 bits per heavy atom. The van der Waals surface area contributed by atoms with Crippen LogP contribution >= 0.6 is 27.5 Å². The summed E-state index contributed by atoms with van der Waals surface area (Å²) in [7, 11) is 0. The van der Waals surface area contributed by atoms with Crippen molar-refractivity contribution in [3.05, 3.63) is 69.9 Å². The van der Waals surface area contributed by atoms with Crippen LogP contribution in [-0.4, -0.2) is 22.1 Å². The fraction of sp³-hybridized carbons (Fsp3) is 0.304. The molecule has 1 aliphatic rings. The van der Waals surface area contributed by atoms with Crippen LogP contribution in [0.5, 0.6) is 0 Å². The maximum absolute atomic E-state index is 6.48. The predicted molar refractivity (Wildman–Crippen MR) is 128 cm³/mol. The van der Waals surface area contributed by atoms with E-state index in [1.165, 1.54) is 5.56 Å². The zero-order chi connectivity index (χ0) is 20.9. The molecule has 1 aromatic carbocycles. The maximum atomic E-state index is 6.48. The van der Waals surface area contributed by atoms with Crippen LogP contribution in [0.15, 0.2) is 59.3 Å². The van der Waals surface area contributed by atoms with E-state index < -0.39 is 0 Å². The van der Waals surface area contributed by atoms with E-state index >= 15 is 0 Å². The van der Waals surface area contributed by atoms with E-state index in [2.05, 4.69) is 48.7 Å². The van der Waals surface area contributed by atoms with Gasteiger partial charge in [-0.05, 0) is 67.1 Å². The van der Waals surface area contributed by atoms with E-state index in [-0.39, 0.29) is 0 Å². The van der Waals surface area contributed by atoms with Crippen molar-refractivity contribution in [3.8, 4) is 11.1 Å². The Labute approximate surface area is 190 Å². The summed E-state index contributed by atoms with van der Waals surface area (Å²) in [5, 5.41) is 7.55. The molecule has 0 radical (unpaired) electrons. The summed E-state index contributed by atoms with van der Waals surface area (Å²) >= 11 is 9.94. The number of rotatable bonds is 6. The molecule has 0 aliphatic heterocycles. The molecule has 2 aromatic heterocycles. The minimum Gasteiger partial charge on any atom is -0.367 e. The molecule has 0 atom stereocenters. The van der Waals surface area contributed by atoms with Crippen LogP contribution in [0.4, 0.5) is 11.6 Å². The molecule has 30 heavy (non-hydrogen) atoms. The fourth-order valence-corrected chi connectivity index (χ4v) is 4.18. The van der Waals surface area contributed by atoms with Crippen molar-refractivity contribution in [2.24, 2.45) is 5.73 Å². The second-order valence-electron chi connectivity index (χ2n) is 7.72. The number of nitrogens with one attached hydrogen (secondary N) is 2. The van der Waals surface area contributed by atoms with Gasteiger partial charge in [-0.2, -0.15) is 0 Å².